The minimum absolute atomic E-state index is 0.0204. The van der Waals surface area contributed by atoms with Crippen LogP contribution in [0, 0.1) is 5.92 Å². The van der Waals surface area contributed by atoms with E-state index in [0.717, 1.165) is 25.2 Å². The quantitative estimate of drug-likeness (QED) is 0.0349. The maximum Gasteiger partial charge on any atom is 0.305 e. The Labute approximate surface area is 355 Å². The van der Waals surface area contributed by atoms with E-state index in [1.807, 2.05) is 0 Å². The summed E-state index contributed by atoms with van der Waals surface area (Å²) in [4.78, 5) is 12.0. The van der Waals surface area contributed by atoms with Gasteiger partial charge in [0.1, 0.15) is 0 Å². The summed E-state index contributed by atoms with van der Waals surface area (Å²) in [5.41, 5.74) is 0. The van der Waals surface area contributed by atoms with Crippen LogP contribution in [0.4, 0.5) is 0 Å². The second kappa shape index (κ2) is 50.4. The van der Waals surface area contributed by atoms with Crippen molar-refractivity contribution in [1.29, 1.82) is 0 Å². The van der Waals surface area contributed by atoms with E-state index < -0.39 is 0 Å². The Hall–Kier alpha value is -0.790. The maximum absolute atomic E-state index is 12.0. The van der Waals surface area contributed by atoms with Crippen LogP contribution in [0.25, 0.3) is 0 Å². The number of rotatable bonds is 49. The fourth-order valence-corrected chi connectivity index (χ4v) is 8.35. The van der Waals surface area contributed by atoms with Gasteiger partial charge in [-0.1, -0.05) is 283 Å². The van der Waals surface area contributed by atoms with E-state index in [2.05, 4.69) is 32.9 Å². The molecule has 0 N–H and O–H groups in total. The largest absolute Gasteiger partial charge is 0.466 e. The molecule has 0 amide bonds. The van der Waals surface area contributed by atoms with E-state index in [1.165, 1.54) is 270 Å². The Morgan fingerprint density at radius 1 is 0.375 bits per heavy atom. The van der Waals surface area contributed by atoms with E-state index in [4.69, 9.17) is 4.74 Å². The molecule has 0 saturated carbocycles. The average molecular weight is 787 g/mol. The summed E-state index contributed by atoms with van der Waals surface area (Å²) in [5.74, 6) is 0.961. The van der Waals surface area contributed by atoms with Gasteiger partial charge in [-0.15, -0.1) is 0 Å². The predicted octanol–water partition coefficient (Wildman–Crippen LogP) is 19.7. The van der Waals surface area contributed by atoms with E-state index in [1.54, 1.807) is 0 Å². The van der Waals surface area contributed by atoms with Crippen LogP contribution in [0.2, 0.25) is 0 Å². The molecule has 0 aliphatic rings. The molecular formula is C54H106O2. The van der Waals surface area contributed by atoms with Gasteiger partial charge in [0.05, 0.1) is 6.61 Å². The van der Waals surface area contributed by atoms with Crippen molar-refractivity contribution in [3.05, 3.63) is 12.2 Å². The minimum Gasteiger partial charge on any atom is -0.466 e. The summed E-state index contributed by atoms with van der Waals surface area (Å²) < 4.78 is 5.47. The first-order valence-corrected chi connectivity index (χ1v) is 26.5. The lowest BCUT2D eigenvalue weighted by atomic mass is 9.99. The normalized spacial score (nSPS) is 12.3. The second-order valence-electron chi connectivity index (χ2n) is 18.5. The standard InChI is InChI=1S/C54H106O2/c1-4-6-7-8-9-10-11-32-36-39-42-45-48-51-54(55)56-52-49-46-43-40-37-34-31-29-27-25-23-21-19-17-15-13-12-14-16-18-20-22-24-26-28-30-33-35-38-41-44-47-50-53(3)5-2/h10-11,53H,4-9,12-52H2,1-3H3/b11-10-. The molecule has 2 heteroatoms. The van der Waals surface area contributed by atoms with E-state index in [-0.39, 0.29) is 5.97 Å². The topological polar surface area (TPSA) is 26.3 Å². The van der Waals surface area contributed by atoms with E-state index >= 15 is 0 Å². The zero-order chi connectivity index (χ0) is 40.5. The molecule has 0 fully saturated rings. The molecule has 0 spiro atoms. The highest BCUT2D eigenvalue weighted by atomic mass is 16.5. The van der Waals surface area contributed by atoms with Gasteiger partial charge in [-0.25, -0.2) is 0 Å². The van der Waals surface area contributed by atoms with Crippen molar-refractivity contribution in [2.24, 2.45) is 5.92 Å². The molecule has 56 heavy (non-hydrogen) atoms. The smallest absolute Gasteiger partial charge is 0.305 e. The first-order valence-electron chi connectivity index (χ1n) is 26.5. The van der Waals surface area contributed by atoms with Gasteiger partial charge in [0, 0.05) is 6.42 Å². The third-order valence-electron chi connectivity index (χ3n) is 12.7. The molecule has 0 aromatic carbocycles. The highest BCUT2D eigenvalue weighted by molar-refractivity contribution is 5.69. The maximum atomic E-state index is 12.0. The molecule has 2 nitrogen and oxygen atoms in total. The first kappa shape index (κ1) is 55.2. The van der Waals surface area contributed by atoms with Gasteiger partial charge in [-0.3, -0.25) is 4.79 Å². The van der Waals surface area contributed by atoms with Crippen molar-refractivity contribution >= 4 is 5.97 Å². The molecule has 0 aliphatic heterocycles. The third kappa shape index (κ3) is 49.4. The lowest BCUT2D eigenvalue weighted by Gasteiger charge is -2.07. The number of hydrogen-bond acceptors (Lipinski definition) is 2. The van der Waals surface area contributed by atoms with Gasteiger partial charge in [0.2, 0.25) is 0 Å². The Kier molecular flexibility index (Phi) is 49.6. The molecule has 1 unspecified atom stereocenters. The Bertz CT molecular complexity index is 743. The average Bonchev–Trinajstić information content (AvgIpc) is 3.20. The van der Waals surface area contributed by atoms with Gasteiger partial charge >= 0.3 is 5.97 Å². The molecular weight excluding hydrogens is 681 g/mol. The summed E-state index contributed by atoms with van der Waals surface area (Å²) in [6, 6.07) is 0. The van der Waals surface area contributed by atoms with Crippen LogP contribution in [0.5, 0.6) is 0 Å². The lowest BCUT2D eigenvalue weighted by molar-refractivity contribution is -0.143. The summed E-state index contributed by atoms with van der Waals surface area (Å²) in [7, 11) is 0. The molecule has 0 aliphatic carbocycles. The molecule has 0 aromatic rings. The van der Waals surface area contributed by atoms with Crippen molar-refractivity contribution in [3.63, 3.8) is 0 Å². The van der Waals surface area contributed by atoms with E-state index in [0.29, 0.717) is 13.0 Å². The van der Waals surface area contributed by atoms with Crippen molar-refractivity contribution in [3.8, 4) is 0 Å². The van der Waals surface area contributed by atoms with Crippen molar-refractivity contribution in [2.45, 2.75) is 316 Å². The lowest BCUT2D eigenvalue weighted by Crippen LogP contribution is -2.05. The monoisotopic (exact) mass is 787 g/mol. The van der Waals surface area contributed by atoms with Crippen molar-refractivity contribution in [1.82, 2.24) is 0 Å². The number of allylic oxidation sites excluding steroid dienone is 2. The fourth-order valence-electron chi connectivity index (χ4n) is 8.35. The molecule has 0 heterocycles. The van der Waals surface area contributed by atoms with Crippen LogP contribution in [-0.2, 0) is 9.53 Å². The Morgan fingerprint density at radius 2 is 0.661 bits per heavy atom. The Balaban J connectivity index is 3.14. The molecule has 0 saturated heterocycles. The van der Waals surface area contributed by atoms with Crippen molar-refractivity contribution < 1.29 is 9.53 Å². The van der Waals surface area contributed by atoms with E-state index in [9.17, 15) is 4.79 Å². The van der Waals surface area contributed by atoms with Crippen molar-refractivity contribution in [2.75, 3.05) is 6.61 Å². The first-order chi connectivity index (χ1) is 27.7. The molecule has 334 valence electrons. The van der Waals surface area contributed by atoms with Crippen LogP contribution < -0.4 is 0 Å². The van der Waals surface area contributed by atoms with Crippen LogP contribution in [0.3, 0.4) is 0 Å². The predicted molar refractivity (Wildman–Crippen MR) is 253 cm³/mol. The molecule has 0 aromatic heterocycles. The highest BCUT2D eigenvalue weighted by Crippen LogP contribution is 2.18. The van der Waals surface area contributed by atoms with Gasteiger partial charge in [0.15, 0.2) is 0 Å². The number of unbranched alkanes of at least 4 members (excludes halogenated alkanes) is 40. The highest BCUT2D eigenvalue weighted by Gasteiger charge is 2.03. The number of carbonyl (C=O) groups excluding carboxylic acids is 1. The number of esters is 1. The zero-order valence-corrected chi connectivity index (χ0v) is 39.3. The molecule has 0 radical (unpaired) electrons. The molecule has 0 rings (SSSR count). The molecule has 0 bridgehead atoms. The molecule has 1 atom stereocenters. The number of carbonyl (C=O) groups is 1. The summed E-state index contributed by atoms with van der Waals surface area (Å²) in [5, 5.41) is 0. The van der Waals surface area contributed by atoms with Gasteiger partial charge in [0.25, 0.3) is 0 Å². The fraction of sp³-hybridized carbons (Fsp3) is 0.944. The van der Waals surface area contributed by atoms with Crippen LogP contribution in [-0.4, -0.2) is 12.6 Å². The third-order valence-corrected chi connectivity index (χ3v) is 12.7. The Morgan fingerprint density at radius 3 is 1.00 bits per heavy atom. The van der Waals surface area contributed by atoms with Gasteiger partial charge in [-0.05, 0) is 44.4 Å². The minimum atomic E-state index is 0.0204. The van der Waals surface area contributed by atoms with Crippen LogP contribution >= 0.6 is 0 Å². The van der Waals surface area contributed by atoms with Crippen LogP contribution in [0.15, 0.2) is 12.2 Å². The van der Waals surface area contributed by atoms with Gasteiger partial charge < -0.3 is 4.74 Å². The SMILES string of the molecule is CCCCCC/C=C\CCCCCCCC(=O)OCCCCCCCCCCCCCCCCCCCCCCCCCCCCCCCCCCC(C)CC. The summed E-state index contributed by atoms with van der Waals surface area (Å²) in [6.45, 7) is 7.63. The number of hydrogen-bond donors (Lipinski definition) is 0. The zero-order valence-electron chi connectivity index (χ0n) is 39.3. The summed E-state index contributed by atoms with van der Waals surface area (Å²) >= 11 is 0. The second-order valence-corrected chi connectivity index (χ2v) is 18.5. The summed E-state index contributed by atoms with van der Waals surface area (Å²) in [6.07, 6.45) is 67.9. The van der Waals surface area contributed by atoms with Crippen LogP contribution in [0.1, 0.15) is 316 Å². The number of ether oxygens (including phenoxy) is 1. The van der Waals surface area contributed by atoms with Gasteiger partial charge in [-0.2, -0.15) is 0 Å².